The number of nitrogens with zero attached hydrogens (tertiary/aromatic N) is 6. The van der Waals surface area contributed by atoms with Crippen molar-refractivity contribution in [1.82, 2.24) is 32.9 Å². The number of nitrogens with one attached hydrogen (secondary N) is 1. The molecule has 488 valence electrons. The number of carboxylic acid groups (broad SMARTS) is 1. The number of Topliss-reactive ketones (excluding diaryl/α,β-unsaturated/α-hetero) is 2. The van der Waals surface area contributed by atoms with E-state index in [0.717, 1.165) is 65.5 Å². The molecule has 27 heteroatoms. The van der Waals surface area contributed by atoms with Crippen molar-refractivity contribution in [1.29, 1.82) is 0 Å². The third-order valence-corrected chi connectivity index (χ3v) is 21.1. The molecule has 0 bridgehead atoms. The Balaban J connectivity index is 0.000000209. The largest absolute Gasteiger partial charge is 0.481 e. The summed E-state index contributed by atoms with van der Waals surface area (Å²) in [5, 5.41) is 14.5. The van der Waals surface area contributed by atoms with Crippen molar-refractivity contribution in [2.45, 2.75) is 167 Å². The number of ketones is 2. The Kier molecular flexibility index (Phi) is 21.6. The number of ether oxygens (including phenoxy) is 2. The number of allylic oxidation sites excluding steroid dienone is 4. The van der Waals surface area contributed by atoms with Crippen LogP contribution in [0.2, 0.25) is 0 Å². The van der Waals surface area contributed by atoms with Gasteiger partial charge in [0.25, 0.3) is 10.2 Å². The molecule has 2 saturated carbocycles. The highest BCUT2D eigenvalue weighted by atomic mass is 32.2. The van der Waals surface area contributed by atoms with E-state index < -0.39 is 79.6 Å². The van der Waals surface area contributed by atoms with Gasteiger partial charge >= 0.3 is 28.4 Å². The summed E-state index contributed by atoms with van der Waals surface area (Å²) in [6.45, 7) is 4.40. The molecule has 4 N–H and O–H groups in total. The molecule has 10 atom stereocenters. The second-order valence-corrected chi connectivity index (χ2v) is 29.1. The number of carbonyl (C=O) groups is 8. The van der Waals surface area contributed by atoms with E-state index in [1.54, 1.807) is 24.3 Å². The van der Waals surface area contributed by atoms with Crippen LogP contribution in [-0.2, 0) is 84.8 Å². The maximum Gasteiger partial charge on any atom is 0.410 e. The topological polar surface area (TPSA) is 301 Å². The first kappa shape index (κ1) is 68.2. The van der Waals surface area contributed by atoms with Crippen LogP contribution in [0, 0.1) is 46.1 Å². The fourth-order valence-electron chi connectivity index (χ4n) is 12.8. The highest BCUT2D eigenvalue weighted by molar-refractivity contribution is 7.87. The molecule has 2 saturated heterocycles. The second kappa shape index (κ2) is 28.2. The minimum atomic E-state index is -4.08. The van der Waals surface area contributed by atoms with Crippen LogP contribution in [-0.4, -0.2) is 163 Å². The lowest BCUT2D eigenvalue weighted by Crippen LogP contribution is -2.47. The zero-order valence-corrected chi connectivity index (χ0v) is 53.1. The first-order chi connectivity index (χ1) is 42.0. The molecule has 6 heterocycles. The van der Waals surface area contributed by atoms with Gasteiger partial charge in [0.05, 0.1) is 49.1 Å². The average molecular weight is 1280 g/mol. The predicted molar refractivity (Wildman–Crippen MR) is 320 cm³/mol. The smallest absolute Gasteiger partial charge is 0.410 e. The van der Waals surface area contributed by atoms with Gasteiger partial charge in [-0.3, -0.25) is 38.6 Å². The van der Waals surface area contributed by atoms with Gasteiger partial charge in [0.2, 0.25) is 17.7 Å². The number of fused-ring (bicyclic) bond motifs is 6. The number of rotatable bonds is 7. The SMILES string of the molecule is CN(C)S(N)(=O)=O.C[C@H]1CCCCC/C=C\[C@@H]2C[C@@]2(C(=O)NS(=O)(=O)N(C)C)CC(=O)[C@@H]2C[C@@H](OC(=O)N3Cc4cccc(F)c4C3)CN2C1=O.C[C@H]1CCCCC/C=C\[C@@H]2C[C@@]2(C(=O)O)CC(=O)[C@@H]2C[C@@H](OC(=O)N3Cc4cccc(F)c4C3)CN2C1=O. The monoisotopic (exact) mass is 1280 g/mol. The van der Waals surface area contributed by atoms with Crippen molar-refractivity contribution in [2.75, 3.05) is 41.3 Å². The number of aliphatic carboxylic acids is 1. The summed E-state index contributed by atoms with van der Waals surface area (Å²) in [7, 11) is -2.13. The number of hydrogen-bond donors (Lipinski definition) is 3. The van der Waals surface area contributed by atoms with Gasteiger partial charge in [-0.25, -0.2) is 28.2 Å². The first-order valence-electron chi connectivity index (χ1n) is 30.6. The predicted octanol–water partition coefficient (Wildman–Crippen LogP) is 6.50. The molecular weight excluding hydrogens is 1200 g/mol. The summed E-state index contributed by atoms with van der Waals surface area (Å²) >= 11 is 0. The van der Waals surface area contributed by atoms with Crippen molar-refractivity contribution in [3.05, 3.63) is 94.6 Å². The van der Waals surface area contributed by atoms with E-state index in [1.165, 1.54) is 59.9 Å². The molecule has 89 heavy (non-hydrogen) atoms. The molecule has 0 aromatic heterocycles. The minimum Gasteiger partial charge on any atom is -0.481 e. The van der Waals surface area contributed by atoms with Crippen LogP contribution in [0.25, 0.3) is 0 Å². The Morgan fingerprint density at radius 1 is 0.629 bits per heavy atom. The van der Waals surface area contributed by atoms with Crippen LogP contribution >= 0.6 is 0 Å². The van der Waals surface area contributed by atoms with Gasteiger partial charge in [-0.2, -0.15) is 25.4 Å². The molecule has 0 spiro atoms. The number of halogens is 2. The minimum absolute atomic E-state index is 0.0258. The maximum absolute atomic E-state index is 14.3. The summed E-state index contributed by atoms with van der Waals surface area (Å²) in [5.41, 5.74) is -0.0448. The molecule has 0 unspecified atom stereocenters. The maximum atomic E-state index is 14.3. The molecular formula is C62H84F2N8O15S2. The Labute approximate surface area is 519 Å². The summed E-state index contributed by atoms with van der Waals surface area (Å²) in [6, 6.07) is 7.67. The molecule has 0 radical (unpaired) electrons. The van der Waals surface area contributed by atoms with Crippen LogP contribution in [0.3, 0.4) is 0 Å². The number of benzene rings is 2. The first-order valence-corrected chi connectivity index (χ1v) is 33.5. The normalized spacial score (nSPS) is 29.7. The van der Waals surface area contributed by atoms with E-state index in [-0.39, 0.29) is 124 Å². The summed E-state index contributed by atoms with van der Waals surface area (Å²) in [5.74, 6) is -4.69. The highest BCUT2D eigenvalue weighted by Gasteiger charge is 2.62. The van der Waals surface area contributed by atoms with Crippen LogP contribution in [0.4, 0.5) is 18.4 Å². The molecule has 2 aromatic rings. The third kappa shape index (κ3) is 16.1. The van der Waals surface area contributed by atoms with E-state index >= 15 is 0 Å². The van der Waals surface area contributed by atoms with E-state index in [2.05, 4.69) is 9.86 Å². The van der Waals surface area contributed by atoms with Crippen LogP contribution in [0.1, 0.15) is 139 Å². The summed E-state index contributed by atoms with van der Waals surface area (Å²) < 4.78 is 88.9. The van der Waals surface area contributed by atoms with Gasteiger partial charge < -0.3 is 24.4 Å². The van der Waals surface area contributed by atoms with Crippen LogP contribution in [0.15, 0.2) is 60.7 Å². The van der Waals surface area contributed by atoms with Crippen LogP contribution < -0.4 is 9.86 Å². The van der Waals surface area contributed by atoms with Crippen molar-refractivity contribution in [3.8, 4) is 0 Å². The average Bonchev–Trinajstić information content (AvgIpc) is 1.63. The molecule has 6 aliphatic heterocycles. The highest BCUT2D eigenvalue weighted by Crippen LogP contribution is 2.58. The van der Waals surface area contributed by atoms with Crippen molar-refractivity contribution < 1.29 is 78.6 Å². The van der Waals surface area contributed by atoms with Gasteiger partial charge in [0.15, 0.2) is 11.6 Å². The fraction of sp³-hybridized carbons (Fsp3) is 0.613. The Morgan fingerprint density at radius 3 is 1.45 bits per heavy atom. The summed E-state index contributed by atoms with van der Waals surface area (Å²) in [6.07, 6.45) is 14.1. The Hall–Kier alpha value is -6.68. The van der Waals surface area contributed by atoms with Gasteiger partial charge in [0.1, 0.15) is 23.8 Å². The molecule has 10 rings (SSSR count). The number of nitrogens with two attached hydrogens (primary N) is 1. The quantitative estimate of drug-likeness (QED) is 0.249. The summed E-state index contributed by atoms with van der Waals surface area (Å²) in [4.78, 5) is 112. The Bertz CT molecular complexity index is 3350. The molecule has 5 amide bonds. The zero-order valence-electron chi connectivity index (χ0n) is 51.4. The lowest BCUT2D eigenvalue weighted by atomic mass is 9.91. The van der Waals surface area contributed by atoms with Crippen molar-refractivity contribution >= 4 is 67.9 Å². The lowest BCUT2D eigenvalue weighted by Gasteiger charge is -2.28. The van der Waals surface area contributed by atoms with Crippen molar-refractivity contribution in [3.63, 3.8) is 0 Å². The van der Waals surface area contributed by atoms with Crippen LogP contribution in [0.5, 0.6) is 0 Å². The molecule has 4 fully saturated rings. The van der Waals surface area contributed by atoms with Gasteiger partial charge in [-0.1, -0.05) is 88.1 Å². The van der Waals surface area contributed by atoms with Gasteiger partial charge in [-0.05, 0) is 86.5 Å². The third-order valence-electron chi connectivity index (χ3n) is 18.7. The number of carbonyl (C=O) groups excluding carboxylic acids is 7. The van der Waals surface area contributed by atoms with E-state index in [1.807, 2.05) is 38.2 Å². The molecule has 2 aromatic carbocycles. The number of hydrogen-bond acceptors (Lipinski definition) is 14. The number of amides is 5. The van der Waals surface area contributed by atoms with E-state index in [9.17, 15) is 69.1 Å². The van der Waals surface area contributed by atoms with E-state index in [0.29, 0.717) is 42.4 Å². The zero-order chi connectivity index (χ0) is 64.9. The lowest BCUT2D eigenvalue weighted by molar-refractivity contribution is -0.147. The fourth-order valence-corrected chi connectivity index (χ4v) is 13.5. The number of carboxylic acids is 1. The van der Waals surface area contributed by atoms with Gasteiger partial charge in [-0.15, -0.1) is 0 Å². The second-order valence-electron chi connectivity index (χ2n) is 25.5. The molecule has 2 aliphatic carbocycles. The van der Waals surface area contributed by atoms with E-state index in [4.69, 9.17) is 9.47 Å². The van der Waals surface area contributed by atoms with Gasteiger partial charge in [0, 0.05) is 89.9 Å². The molecule has 8 aliphatic rings. The standard InChI is InChI=1S/C31H41FN4O7S.C29H35FN2O6.C2H8N2O2S/c1-20-10-7-5-4-6-8-12-22-15-31(22,29(39)33-44(41,42)34(2)3)16-27(37)26-14-23(18-36(26)28(20)38)43-30(40)35-17-21-11-9-13-25(32)24(21)19-35;1-18-8-5-3-2-4-6-10-20-13-29(20,27(35)36)14-25(33)24-12-21(16-32(24)26(18)34)38-28(37)31-15-19-9-7-11-23(30)22(19)17-31;1-4(2)7(3,5)6/h8-9,11-13,20,22-23,26H,4-7,10,14-19H2,1-3H3,(H,33,39);6-7,9-11,18,20-21,24H,2-5,8,12-17H2,1H3,(H,35,36);1-2H3,(H2,3,5,6)/b12-8-;10-6-;/t20-,22+,23+,26-,31+;18-,20+,21+,24-,29+;/m00./s1. The van der Waals surface area contributed by atoms with Crippen molar-refractivity contribution in [2.24, 2.45) is 39.6 Å². The molecule has 23 nitrogen and oxygen atoms in total. The Morgan fingerprint density at radius 2 is 1.04 bits per heavy atom.